The molecule has 5 N–H and O–H groups in total. The first-order chi connectivity index (χ1) is 24.3. The maximum Gasteiger partial charge on any atom is 0.411 e. The van der Waals surface area contributed by atoms with E-state index in [2.05, 4.69) is 10.6 Å². The molecule has 0 fully saturated rings. The van der Waals surface area contributed by atoms with Crippen molar-refractivity contribution in [1.29, 1.82) is 0 Å². The van der Waals surface area contributed by atoms with Crippen LogP contribution in [0.1, 0.15) is 63.7 Å². The smallest absolute Gasteiger partial charge is 0.411 e. The SMILES string of the molecule is CNC(=O)c1ccc(C(c2ccc(C(=O)O)c(C(=O)Nc3ccc(/C=C/C(=O)Nc4ccc(C)cc4)cc3)c2)(C(F)(F)F)C(F)(F)F)cc1C(=O)O. The zero-order chi connectivity index (χ0) is 38.6. The molecule has 16 heteroatoms. The van der Waals surface area contributed by atoms with Crippen molar-refractivity contribution >= 4 is 47.1 Å². The zero-order valence-electron chi connectivity index (χ0n) is 26.9. The molecule has 0 aliphatic rings. The van der Waals surface area contributed by atoms with Gasteiger partial charge in [-0.3, -0.25) is 14.4 Å². The number of aryl methyl sites for hydroxylation is 1. The van der Waals surface area contributed by atoms with Crippen molar-refractivity contribution in [3.05, 3.63) is 136 Å². The highest BCUT2D eigenvalue weighted by molar-refractivity contribution is 6.11. The van der Waals surface area contributed by atoms with Crippen LogP contribution >= 0.6 is 0 Å². The van der Waals surface area contributed by atoms with Crippen molar-refractivity contribution < 1.29 is 60.5 Å². The van der Waals surface area contributed by atoms with Crippen LogP contribution in [0.15, 0.2) is 91.0 Å². The van der Waals surface area contributed by atoms with Crippen LogP contribution in [0.5, 0.6) is 0 Å². The highest BCUT2D eigenvalue weighted by atomic mass is 19.4. The summed E-state index contributed by atoms with van der Waals surface area (Å²) in [4.78, 5) is 61.6. The van der Waals surface area contributed by atoms with E-state index in [1.807, 2.05) is 12.2 Å². The van der Waals surface area contributed by atoms with Gasteiger partial charge in [0.25, 0.3) is 11.8 Å². The van der Waals surface area contributed by atoms with E-state index in [0.717, 1.165) is 12.6 Å². The minimum absolute atomic E-state index is 0.0400. The van der Waals surface area contributed by atoms with Gasteiger partial charge in [0.1, 0.15) is 0 Å². The number of carbonyl (C=O) groups excluding carboxylic acids is 3. The quantitative estimate of drug-likeness (QED) is 0.0863. The fraction of sp³-hybridized carbons (Fsp3) is 0.139. The Hall–Kier alpha value is -6.45. The van der Waals surface area contributed by atoms with Gasteiger partial charge in [0.05, 0.1) is 22.3 Å². The third-order valence-electron chi connectivity index (χ3n) is 7.85. The maximum absolute atomic E-state index is 14.9. The molecule has 0 atom stereocenters. The molecule has 4 rings (SSSR count). The maximum atomic E-state index is 14.9. The summed E-state index contributed by atoms with van der Waals surface area (Å²) in [6, 6.07) is 14.0. The molecule has 0 aliphatic heterocycles. The number of carbonyl (C=O) groups is 5. The molecule has 3 amide bonds. The number of carboxylic acid groups (broad SMARTS) is 2. The lowest BCUT2D eigenvalue weighted by Crippen LogP contribution is -2.55. The Morgan fingerprint density at radius 1 is 0.596 bits per heavy atom. The largest absolute Gasteiger partial charge is 0.478 e. The number of anilines is 2. The fourth-order valence-electron chi connectivity index (χ4n) is 5.29. The van der Waals surface area contributed by atoms with Crippen LogP contribution in [-0.2, 0) is 10.2 Å². The van der Waals surface area contributed by atoms with E-state index in [1.165, 1.54) is 36.4 Å². The molecular formula is C36H27F6N3O7. The highest BCUT2D eigenvalue weighted by Gasteiger charge is 2.72. The average molecular weight is 728 g/mol. The van der Waals surface area contributed by atoms with E-state index < -0.39 is 80.8 Å². The summed E-state index contributed by atoms with van der Waals surface area (Å²) >= 11 is 0. The van der Waals surface area contributed by atoms with Gasteiger partial charge in [-0.05, 0) is 78.2 Å². The second kappa shape index (κ2) is 14.8. The van der Waals surface area contributed by atoms with Gasteiger partial charge in [0.15, 0.2) is 0 Å². The molecule has 0 saturated heterocycles. The molecule has 52 heavy (non-hydrogen) atoms. The van der Waals surface area contributed by atoms with Gasteiger partial charge in [-0.25, -0.2) is 9.59 Å². The Balaban J connectivity index is 1.74. The van der Waals surface area contributed by atoms with Crippen molar-refractivity contribution in [2.24, 2.45) is 0 Å². The van der Waals surface area contributed by atoms with Crippen LogP contribution in [0.4, 0.5) is 37.7 Å². The number of hydrogen-bond donors (Lipinski definition) is 5. The number of amides is 3. The Morgan fingerprint density at radius 2 is 1.08 bits per heavy atom. The minimum Gasteiger partial charge on any atom is -0.478 e. The van der Waals surface area contributed by atoms with Crippen molar-refractivity contribution in [1.82, 2.24) is 5.32 Å². The average Bonchev–Trinajstić information content (AvgIpc) is 3.07. The molecule has 0 spiro atoms. The summed E-state index contributed by atoms with van der Waals surface area (Å²) in [5.74, 6) is -6.82. The van der Waals surface area contributed by atoms with Gasteiger partial charge >= 0.3 is 24.3 Å². The molecular weight excluding hydrogens is 700 g/mol. The lowest BCUT2D eigenvalue weighted by molar-refractivity contribution is -0.288. The monoisotopic (exact) mass is 727 g/mol. The summed E-state index contributed by atoms with van der Waals surface area (Å²) < 4.78 is 89.5. The van der Waals surface area contributed by atoms with E-state index >= 15 is 0 Å². The second-order valence-corrected chi connectivity index (χ2v) is 11.2. The van der Waals surface area contributed by atoms with Crippen molar-refractivity contribution in [3.63, 3.8) is 0 Å². The molecule has 270 valence electrons. The molecule has 4 aromatic carbocycles. The van der Waals surface area contributed by atoms with Gasteiger partial charge in [-0.2, -0.15) is 26.3 Å². The number of halogens is 6. The lowest BCUT2D eigenvalue weighted by Gasteiger charge is -2.38. The van der Waals surface area contributed by atoms with E-state index in [4.69, 9.17) is 0 Å². The van der Waals surface area contributed by atoms with Crippen LogP contribution in [0.2, 0.25) is 0 Å². The Morgan fingerprint density at radius 3 is 1.58 bits per heavy atom. The number of aromatic carboxylic acids is 2. The van der Waals surface area contributed by atoms with Crippen LogP contribution in [0, 0.1) is 6.92 Å². The van der Waals surface area contributed by atoms with Gasteiger partial charge in [0.2, 0.25) is 11.3 Å². The van der Waals surface area contributed by atoms with E-state index in [1.54, 1.807) is 24.3 Å². The standard InChI is InChI=1S/C36H27F6N3O7/c1-19-3-10-23(11-4-19)44-29(46)16-7-20-5-12-24(13-6-20)45-31(48)27-17-21(9-15-26(27)32(49)50)34(35(37,38)39,36(40,41)42)22-8-14-25(30(47)43-2)28(18-22)33(51)52/h3-18H,1-2H3,(H,43,47)(H,44,46)(H,45,48)(H,49,50)(H,51,52)/b16-7+. The normalized spacial score (nSPS) is 11.9. The lowest BCUT2D eigenvalue weighted by atomic mass is 9.71. The topological polar surface area (TPSA) is 162 Å². The Bertz CT molecular complexity index is 2060. The van der Waals surface area contributed by atoms with Crippen LogP contribution in [-0.4, -0.2) is 59.3 Å². The second-order valence-electron chi connectivity index (χ2n) is 11.2. The molecule has 0 aliphatic carbocycles. The molecule has 0 bridgehead atoms. The van der Waals surface area contributed by atoms with Crippen LogP contribution in [0.3, 0.4) is 0 Å². The first-order valence-electron chi connectivity index (χ1n) is 14.9. The predicted octanol–water partition coefficient (Wildman–Crippen LogP) is 7.07. The molecule has 0 radical (unpaired) electrons. The zero-order valence-corrected chi connectivity index (χ0v) is 26.9. The van der Waals surface area contributed by atoms with Crippen molar-refractivity contribution in [3.8, 4) is 0 Å². The van der Waals surface area contributed by atoms with Crippen molar-refractivity contribution in [2.45, 2.75) is 24.7 Å². The molecule has 0 unspecified atom stereocenters. The number of carboxylic acids is 2. The van der Waals surface area contributed by atoms with E-state index in [0.29, 0.717) is 23.4 Å². The first kappa shape index (κ1) is 38.4. The summed E-state index contributed by atoms with van der Waals surface area (Å²) in [5, 5.41) is 26.2. The first-order valence-corrected chi connectivity index (χ1v) is 14.9. The number of alkyl halides is 6. The number of rotatable bonds is 10. The molecule has 4 aromatic rings. The van der Waals surface area contributed by atoms with Gasteiger partial charge < -0.3 is 26.2 Å². The van der Waals surface area contributed by atoms with Crippen LogP contribution < -0.4 is 16.0 Å². The molecule has 0 heterocycles. The summed E-state index contributed by atoms with van der Waals surface area (Å²) in [7, 11) is 1.06. The number of hydrogen-bond acceptors (Lipinski definition) is 5. The van der Waals surface area contributed by atoms with Gasteiger partial charge in [0, 0.05) is 24.5 Å². The molecule has 0 saturated carbocycles. The van der Waals surface area contributed by atoms with Gasteiger partial charge in [-0.1, -0.05) is 42.0 Å². The Kier molecular flexibility index (Phi) is 10.9. The fourth-order valence-corrected chi connectivity index (χ4v) is 5.29. The summed E-state index contributed by atoms with van der Waals surface area (Å²) in [6.07, 6.45) is -9.87. The summed E-state index contributed by atoms with van der Waals surface area (Å²) in [5.41, 5.74) is -10.3. The van der Waals surface area contributed by atoms with E-state index in [9.17, 15) is 60.5 Å². The Labute approximate surface area is 290 Å². The third-order valence-corrected chi connectivity index (χ3v) is 7.85. The predicted molar refractivity (Wildman–Crippen MR) is 176 cm³/mol. The molecule has 10 nitrogen and oxygen atoms in total. The van der Waals surface area contributed by atoms with Crippen LogP contribution in [0.25, 0.3) is 6.08 Å². The molecule has 0 aromatic heterocycles. The summed E-state index contributed by atoms with van der Waals surface area (Å²) in [6.45, 7) is 1.88. The number of benzene rings is 4. The third kappa shape index (κ3) is 7.80. The highest BCUT2D eigenvalue weighted by Crippen LogP contribution is 2.56. The van der Waals surface area contributed by atoms with Gasteiger partial charge in [-0.15, -0.1) is 0 Å². The van der Waals surface area contributed by atoms with Crippen molar-refractivity contribution in [2.75, 3.05) is 17.7 Å². The number of nitrogens with one attached hydrogen (secondary N) is 3. The van der Waals surface area contributed by atoms with E-state index in [-0.39, 0.29) is 30.0 Å². The minimum atomic E-state index is -6.26.